The van der Waals surface area contributed by atoms with Crippen molar-refractivity contribution in [1.82, 2.24) is 15.0 Å². The molecule has 1 heterocycles. The molecule has 12 heteroatoms. The predicted molar refractivity (Wildman–Crippen MR) is 96.0 cm³/mol. The Morgan fingerprint density at radius 1 is 0.682 bits per heavy atom. The third-order valence-corrected chi connectivity index (χ3v) is 6.75. The van der Waals surface area contributed by atoms with Gasteiger partial charge in [-0.1, -0.05) is 0 Å². The van der Waals surface area contributed by atoms with Gasteiger partial charge in [0.2, 0.25) is 17.8 Å². The van der Waals surface area contributed by atoms with Crippen LogP contribution in [0.1, 0.15) is 0 Å². The molecule has 2 rings (SSSR count). The van der Waals surface area contributed by atoms with Gasteiger partial charge in [0.1, 0.15) is 0 Å². The quantitative estimate of drug-likeness (QED) is 0.592. The van der Waals surface area contributed by atoms with Gasteiger partial charge in [-0.05, 0) is 0 Å². The minimum Gasteiger partial charge on any atom is -0.368 e. The van der Waals surface area contributed by atoms with Crippen LogP contribution in [0, 0.1) is 0 Å². The molecule has 6 nitrogen and oxygen atoms in total. The third-order valence-electron chi connectivity index (χ3n) is 2.72. The standard InChI is InChI=1S/C6H6Cl6.C4H8N6/c7-1-2(8)4(10)6(12)5(11)3(1)9;1-7-4-9-2(5)8-3(6)10-4/h1-6H;1H3,(H5,5,6,7,8,9,10)/t1-,2-,3-,4+,5+,6+;. The minimum atomic E-state index is -0.437. The maximum Gasteiger partial charge on any atom is 0.229 e. The largest absolute Gasteiger partial charge is 0.368 e. The second kappa shape index (κ2) is 8.85. The molecule has 1 aromatic rings. The highest BCUT2D eigenvalue weighted by atomic mass is 35.5. The predicted octanol–water partition coefficient (Wildman–Crippen LogP) is 2.72. The van der Waals surface area contributed by atoms with E-state index < -0.39 is 32.3 Å². The smallest absolute Gasteiger partial charge is 0.229 e. The second-order valence-electron chi connectivity index (χ2n) is 4.29. The summed E-state index contributed by atoms with van der Waals surface area (Å²) in [5.74, 6) is 0.624. The van der Waals surface area contributed by atoms with Crippen molar-refractivity contribution in [1.29, 1.82) is 0 Å². The molecule has 0 bridgehead atoms. The normalized spacial score (nSPS) is 34.5. The summed E-state index contributed by atoms with van der Waals surface area (Å²) in [6.45, 7) is 0. The van der Waals surface area contributed by atoms with Crippen molar-refractivity contribution in [2.24, 2.45) is 0 Å². The lowest BCUT2D eigenvalue weighted by Gasteiger charge is -2.37. The zero-order valence-corrected chi connectivity index (χ0v) is 15.8. The summed E-state index contributed by atoms with van der Waals surface area (Å²) in [6.07, 6.45) is 0. The van der Waals surface area contributed by atoms with Crippen LogP contribution in [0.5, 0.6) is 0 Å². The lowest BCUT2D eigenvalue weighted by Crippen LogP contribution is -2.52. The first-order valence-corrected chi connectivity index (χ1v) is 8.60. The van der Waals surface area contributed by atoms with E-state index in [1.165, 1.54) is 0 Å². The lowest BCUT2D eigenvalue weighted by molar-refractivity contribution is 0.544. The second-order valence-corrected chi connectivity index (χ2v) is 7.32. The number of nitrogens with one attached hydrogen (secondary N) is 1. The molecule has 0 spiro atoms. The molecule has 0 atom stereocenters. The number of hydrogen-bond acceptors (Lipinski definition) is 6. The average Bonchev–Trinajstić information content (AvgIpc) is 2.48. The third kappa shape index (κ3) is 5.08. The molecule has 0 unspecified atom stereocenters. The van der Waals surface area contributed by atoms with Gasteiger partial charge in [-0.25, -0.2) is 0 Å². The first kappa shape index (κ1) is 20.2. The molecule has 22 heavy (non-hydrogen) atoms. The first-order valence-electron chi connectivity index (χ1n) is 5.98. The van der Waals surface area contributed by atoms with Gasteiger partial charge in [0.15, 0.2) is 0 Å². The number of rotatable bonds is 1. The Balaban J connectivity index is 0.000000224. The summed E-state index contributed by atoms with van der Waals surface area (Å²) in [5.41, 5.74) is 10.5. The van der Waals surface area contributed by atoms with Crippen molar-refractivity contribution in [2.45, 2.75) is 32.3 Å². The van der Waals surface area contributed by atoms with Crippen molar-refractivity contribution in [3.05, 3.63) is 0 Å². The Hall–Kier alpha value is 0.150. The van der Waals surface area contributed by atoms with Crippen molar-refractivity contribution >= 4 is 87.5 Å². The molecule has 1 saturated carbocycles. The van der Waals surface area contributed by atoms with Crippen molar-refractivity contribution in [3.63, 3.8) is 0 Å². The number of nitrogens with two attached hydrogens (primary N) is 2. The van der Waals surface area contributed by atoms with Crippen LogP contribution >= 0.6 is 69.6 Å². The highest BCUT2D eigenvalue weighted by Gasteiger charge is 2.46. The van der Waals surface area contributed by atoms with Gasteiger partial charge in [-0.3, -0.25) is 0 Å². The average molecular weight is 431 g/mol. The molecule has 1 aliphatic rings. The minimum absolute atomic E-state index is 0.122. The van der Waals surface area contributed by atoms with E-state index in [0.717, 1.165) is 0 Å². The number of anilines is 3. The molecular formula is C10H14Cl6N6. The van der Waals surface area contributed by atoms with Crippen LogP contribution < -0.4 is 16.8 Å². The van der Waals surface area contributed by atoms with E-state index >= 15 is 0 Å². The summed E-state index contributed by atoms with van der Waals surface area (Å²) in [6, 6.07) is 0. The van der Waals surface area contributed by atoms with Gasteiger partial charge >= 0.3 is 0 Å². The first-order chi connectivity index (χ1) is 10.2. The molecule has 1 fully saturated rings. The lowest BCUT2D eigenvalue weighted by atomic mass is 9.97. The topological polar surface area (TPSA) is 103 Å². The van der Waals surface area contributed by atoms with Gasteiger partial charge in [0.25, 0.3) is 0 Å². The SMILES string of the molecule is CNc1nc(N)nc(N)n1.Cl[C@H]1[C@H](Cl)[C@@H](Cl)[C@@H](Cl)[C@H](Cl)[C@H]1Cl. The van der Waals surface area contributed by atoms with E-state index in [1.807, 2.05) is 0 Å². The van der Waals surface area contributed by atoms with Crippen molar-refractivity contribution in [2.75, 3.05) is 23.8 Å². The Kier molecular flexibility index (Phi) is 8.12. The van der Waals surface area contributed by atoms with Gasteiger partial charge in [-0.2, -0.15) is 15.0 Å². The van der Waals surface area contributed by atoms with E-state index in [4.69, 9.17) is 81.1 Å². The van der Waals surface area contributed by atoms with Gasteiger partial charge in [-0.15, -0.1) is 69.6 Å². The van der Waals surface area contributed by atoms with Crippen molar-refractivity contribution < 1.29 is 0 Å². The van der Waals surface area contributed by atoms with Gasteiger partial charge in [0, 0.05) is 7.05 Å². The highest BCUT2D eigenvalue weighted by molar-refractivity contribution is 6.45. The van der Waals surface area contributed by atoms with Crippen LogP contribution in [0.2, 0.25) is 0 Å². The Labute approximate surface area is 158 Å². The summed E-state index contributed by atoms with van der Waals surface area (Å²) in [4.78, 5) is 11.0. The number of aromatic nitrogens is 3. The van der Waals surface area contributed by atoms with Crippen LogP contribution in [-0.2, 0) is 0 Å². The molecule has 1 aromatic heterocycles. The van der Waals surface area contributed by atoms with E-state index in [0.29, 0.717) is 5.95 Å². The van der Waals surface area contributed by atoms with Gasteiger partial charge in [0.05, 0.1) is 32.3 Å². The summed E-state index contributed by atoms with van der Waals surface area (Å²) in [5, 5.41) is 0.0660. The number of alkyl halides is 6. The maximum absolute atomic E-state index is 5.88. The number of hydrogen-bond donors (Lipinski definition) is 3. The molecule has 5 N–H and O–H groups in total. The van der Waals surface area contributed by atoms with Crippen LogP contribution in [0.3, 0.4) is 0 Å². The molecule has 0 radical (unpaired) electrons. The van der Waals surface area contributed by atoms with Crippen LogP contribution in [0.15, 0.2) is 0 Å². The molecule has 1 aliphatic carbocycles. The monoisotopic (exact) mass is 428 g/mol. The van der Waals surface area contributed by atoms with Gasteiger partial charge < -0.3 is 16.8 Å². The summed E-state index contributed by atoms with van der Waals surface area (Å²) < 4.78 is 0. The molecular weight excluding hydrogens is 417 g/mol. The molecule has 0 saturated heterocycles. The highest BCUT2D eigenvalue weighted by Crippen LogP contribution is 2.39. The van der Waals surface area contributed by atoms with Crippen LogP contribution in [-0.4, -0.2) is 54.3 Å². The van der Waals surface area contributed by atoms with Crippen molar-refractivity contribution in [3.8, 4) is 0 Å². The number of nitrogens with zero attached hydrogens (tertiary/aromatic N) is 3. The number of halogens is 6. The Bertz CT molecular complexity index is 414. The van der Waals surface area contributed by atoms with Crippen LogP contribution in [0.25, 0.3) is 0 Å². The molecule has 126 valence electrons. The van der Waals surface area contributed by atoms with E-state index in [-0.39, 0.29) is 11.9 Å². The van der Waals surface area contributed by atoms with E-state index in [1.54, 1.807) is 7.05 Å². The fraction of sp³-hybridized carbons (Fsp3) is 0.700. The summed E-state index contributed by atoms with van der Waals surface area (Å²) in [7, 11) is 1.67. The zero-order valence-electron chi connectivity index (χ0n) is 11.2. The Morgan fingerprint density at radius 3 is 1.18 bits per heavy atom. The molecule has 0 aliphatic heterocycles. The number of nitrogen functional groups attached to an aromatic ring is 2. The summed E-state index contributed by atoms with van der Waals surface area (Å²) >= 11 is 35.3. The van der Waals surface area contributed by atoms with E-state index in [9.17, 15) is 0 Å². The molecule has 0 amide bonds. The fourth-order valence-corrected chi connectivity index (χ4v) is 3.90. The maximum atomic E-state index is 5.88. The molecule has 0 aromatic carbocycles. The Morgan fingerprint density at radius 2 is 0.955 bits per heavy atom. The zero-order chi connectivity index (χ0) is 17.0. The van der Waals surface area contributed by atoms with E-state index in [2.05, 4.69) is 20.3 Å². The van der Waals surface area contributed by atoms with Crippen LogP contribution in [0.4, 0.5) is 17.8 Å². The fourth-order valence-electron chi connectivity index (χ4n) is 1.57.